The fraction of sp³-hybridized carbons (Fsp3) is 0.133. The summed E-state index contributed by atoms with van der Waals surface area (Å²) < 4.78 is 40.5. The van der Waals surface area contributed by atoms with E-state index in [1.807, 2.05) is 4.72 Å². The first-order valence-corrected chi connectivity index (χ1v) is 7.96. The van der Waals surface area contributed by atoms with Crippen LogP contribution >= 0.6 is 0 Å². The summed E-state index contributed by atoms with van der Waals surface area (Å²) >= 11 is 0. The monoisotopic (exact) mass is 339 g/mol. The van der Waals surface area contributed by atoms with Crippen LogP contribution in [0.25, 0.3) is 0 Å². The number of carboxylic acid groups (broad SMARTS) is 1. The van der Waals surface area contributed by atoms with E-state index >= 15 is 0 Å². The van der Waals surface area contributed by atoms with Gasteiger partial charge in [0.25, 0.3) is 10.0 Å². The molecule has 0 unspecified atom stereocenters. The first-order valence-electron chi connectivity index (χ1n) is 6.47. The molecule has 122 valence electrons. The van der Waals surface area contributed by atoms with Crippen molar-refractivity contribution in [2.75, 3.05) is 4.72 Å². The Morgan fingerprint density at radius 2 is 1.78 bits per heavy atom. The van der Waals surface area contributed by atoms with E-state index in [0.29, 0.717) is 11.1 Å². The Kier molecular flexibility index (Phi) is 4.28. The van der Waals surface area contributed by atoms with Gasteiger partial charge in [0, 0.05) is 0 Å². The van der Waals surface area contributed by atoms with E-state index in [-0.39, 0.29) is 5.69 Å². The van der Waals surface area contributed by atoms with Gasteiger partial charge >= 0.3 is 5.97 Å². The van der Waals surface area contributed by atoms with E-state index in [1.54, 1.807) is 6.92 Å². The lowest BCUT2D eigenvalue weighted by molar-refractivity contribution is 0.0693. The number of phenols is 1. The highest BCUT2D eigenvalue weighted by Gasteiger charge is 2.25. The van der Waals surface area contributed by atoms with Crippen LogP contribution in [0.2, 0.25) is 0 Å². The van der Waals surface area contributed by atoms with Crippen LogP contribution in [0.1, 0.15) is 21.5 Å². The molecule has 0 atom stereocenters. The van der Waals surface area contributed by atoms with Crippen LogP contribution in [-0.2, 0) is 10.0 Å². The maximum atomic E-state index is 13.7. The molecule has 2 aromatic rings. The van der Waals surface area contributed by atoms with Crippen molar-refractivity contribution in [3.63, 3.8) is 0 Å². The minimum atomic E-state index is -4.37. The molecule has 6 nitrogen and oxygen atoms in total. The number of nitrogens with one attached hydrogen (secondary N) is 1. The Bertz CT molecular complexity index is 893. The van der Waals surface area contributed by atoms with Crippen molar-refractivity contribution in [1.82, 2.24) is 0 Å². The molecule has 0 saturated carbocycles. The summed E-state index contributed by atoms with van der Waals surface area (Å²) in [4.78, 5) is 10.4. The molecule has 0 radical (unpaired) electrons. The Balaban J connectivity index is 2.56. The molecule has 2 rings (SSSR count). The minimum Gasteiger partial charge on any atom is -0.506 e. The maximum absolute atomic E-state index is 13.7. The number of aryl methyl sites for hydroxylation is 2. The number of benzene rings is 2. The molecule has 8 heteroatoms. The van der Waals surface area contributed by atoms with Crippen LogP contribution < -0.4 is 4.72 Å². The summed E-state index contributed by atoms with van der Waals surface area (Å²) in [6, 6.07) is 6.12. The van der Waals surface area contributed by atoms with Crippen molar-refractivity contribution < 1.29 is 27.8 Å². The van der Waals surface area contributed by atoms with Gasteiger partial charge in [-0.25, -0.2) is 17.6 Å². The average molecular weight is 339 g/mol. The molecule has 0 saturated heterocycles. The summed E-state index contributed by atoms with van der Waals surface area (Å²) in [5.74, 6) is -3.15. The zero-order valence-corrected chi connectivity index (χ0v) is 13.1. The SMILES string of the molecule is Cc1ccc(F)c(NS(=O)(=O)c2cc(C)cc(C(=O)O)c2O)c1. The van der Waals surface area contributed by atoms with Crippen LogP contribution in [0.15, 0.2) is 35.2 Å². The number of hydrogen-bond acceptors (Lipinski definition) is 4. The van der Waals surface area contributed by atoms with Crippen LogP contribution in [0.3, 0.4) is 0 Å². The average Bonchev–Trinajstić information content (AvgIpc) is 2.44. The van der Waals surface area contributed by atoms with Crippen molar-refractivity contribution in [1.29, 1.82) is 0 Å². The zero-order valence-electron chi connectivity index (χ0n) is 12.3. The van der Waals surface area contributed by atoms with Crippen molar-refractivity contribution in [2.24, 2.45) is 0 Å². The molecular weight excluding hydrogens is 325 g/mol. The van der Waals surface area contributed by atoms with Gasteiger partial charge < -0.3 is 10.2 Å². The molecular formula is C15H14FNO5S. The number of rotatable bonds is 4. The zero-order chi connectivity index (χ0) is 17.4. The second-order valence-electron chi connectivity index (χ2n) is 5.05. The summed E-state index contributed by atoms with van der Waals surface area (Å²) in [7, 11) is -4.37. The van der Waals surface area contributed by atoms with Crippen molar-refractivity contribution in [2.45, 2.75) is 18.7 Å². The second-order valence-corrected chi connectivity index (χ2v) is 6.70. The van der Waals surface area contributed by atoms with Crippen LogP contribution in [-0.4, -0.2) is 24.6 Å². The highest BCUT2D eigenvalue weighted by atomic mass is 32.2. The van der Waals surface area contributed by atoms with Crippen molar-refractivity contribution in [3.05, 3.63) is 52.8 Å². The van der Waals surface area contributed by atoms with Crippen LogP contribution in [0.5, 0.6) is 5.75 Å². The van der Waals surface area contributed by atoms with E-state index in [1.165, 1.54) is 19.1 Å². The highest BCUT2D eigenvalue weighted by molar-refractivity contribution is 7.92. The number of hydrogen-bond donors (Lipinski definition) is 3. The van der Waals surface area contributed by atoms with E-state index in [9.17, 15) is 22.7 Å². The number of anilines is 1. The largest absolute Gasteiger partial charge is 0.506 e. The van der Waals surface area contributed by atoms with Gasteiger partial charge in [0.2, 0.25) is 0 Å². The quantitative estimate of drug-likeness (QED) is 0.794. The third-order valence-electron chi connectivity index (χ3n) is 3.11. The lowest BCUT2D eigenvalue weighted by Crippen LogP contribution is -2.15. The molecule has 0 fully saturated rings. The van der Waals surface area contributed by atoms with Gasteiger partial charge in [0.05, 0.1) is 5.69 Å². The molecule has 0 bridgehead atoms. The van der Waals surface area contributed by atoms with E-state index in [0.717, 1.165) is 18.2 Å². The molecule has 2 aromatic carbocycles. The highest BCUT2D eigenvalue weighted by Crippen LogP contribution is 2.30. The standard InChI is InChI=1S/C15H14FNO5S/c1-8-3-4-11(16)12(6-8)17-23(21,22)13-7-9(2)5-10(14(13)18)15(19)20/h3-7,17-18H,1-2H3,(H,19,20). The predicted octanol–water partition coefficient (Wildman–Crippen LogP) is 2.65. The van der Waals surface area contributed by atoms with Gasteiger partial charge in [0.15, 0.2) is 5.75 Å². The Labute approximate surface area is 132 Å². The third kappa shape index (κ3) is 3.42. The van der Waals surface area contributed by atoms with Gasteiger partial charge in [0.1, 0.15) is 16.3 Å². The fourth-order valence-electron chi connectivity index (χ4n) is 2.03. The Hall–Kier alpha value is -2.61. The van der Waals surface area contributed by atoms with Gasteiger partial charge in [-0.05, 0) is 49.2 Å². The predicted molar refractivity (Wildman–Crippen MR) is 81.7 cm³/mol. The maximum Gasteiger partial charge on any atom is 0.339 e. The first kappa shape index (κ1) is 16.8. The minimum absolute atomic E-state index is 0.289. The number of sulfonamides is 1. The van der Waals surface area contributed by atoms with Gasteiger partial charge in [-0.3, -0.25) is 4.72 Å². The van der Waals surface area contributed by atoms with Gasteiger partial charge in [-0.1, -0.05) is 6.07 Å². The van der Waals surface area contributed by atoms with Gasteiger partial charge in [-0.2, -0.15) is 0 Å². The first-order chi connectivity index (χ1) is 10.6. The lowest BCUT2D eigenvalue weighted by atomic mass is 10.1. The second kappa shape index (κ2) is 5.88. The molecule has 0 aliphatic rings. The fourth-order valence-corrected chi connectivity index (χ4v) is 3.29. The number of aromatic carboxylic acids is 1. The molecule has 3 N–H and O–H groups in total. The Morgan fingerprint density at radius 3 is 2.39 bits per heavy atom. The summed E-state index contributed by atoms with van der Waals surface area (Å²) in [5.41, 5.74) is 0.118. The molecule has 0 amide bonds. The molecule has 0 aliphatic heterocycles. The van der Waals surface area contributed by atoms with Crippen molar-refractivity contribution >= 4 is 21.7 Å². The molecule has 0 aromatic heterocycles. The number of carboxylic acids is 1. The van der Waals surface area contributed by atoms with Gasteiger partial charge in [-0.15, -0.1) is 0 Å². The van der Waals surface area contributed by atoms with E-state index in [4.69, 9.17) is 5.11 Å². The molecule has 0 aliphatic carbocycles. The molecule has 0 heterocycles. The topological polar surface area (TPSA) is 104 Å². The van der Waals surface area contributed by atoms with E-state index in [2.05, 4.69) is 0 Å². The van der Waals surface area contributed by atoms with Crippen LogP contribution in [0, 0.1) is 19.7 Å². The summed E-state index contributed by atoms with van der Waals surface area (Å²) in [6.07, 6.45) is 0. The molecule has 0 spiro atoms. The van der Waals surface area contributed by atoms with Crippen molar-refractivity contribution in [3.8, 4) is 5.75 Å². The lowest BCUT2D eigenvalue weighted by Gasteiger charge is -2.13. The van der Waals surface area contributed by atoms with Crippen LogP contribution in [0.4, 0.5) is 10.1 Å². The number of carbonyl (C=O) groups is 1. The summed E-state index contributed by atoms with van der Waals surface area (Å²) in [5, 5.41) is 18.9. The normalized spacial score (nSPS) is 11.3. The third-order valence-corrected chi connectivity index (χ3v) is 4.48. The Morgan fingerprint density at radius 1 is 1.13 bits per heavy atom. The molecule has 23 heavy (non-hydrogen) atoms. The summed E-state index contributed by atoms with van der Waals surface area (Å²) in [6.45, 7) is 3.14. The van der Waals surface area contributed by atoms with E-state index < -0.39 is 38.0 Å². The number of halogens is 1. The number of aromatic hydroxyl groups is 1. The smallest absolute Gasteiger partial charge is 0.339 e.